The number of hydrogen-bond acceptors (Lipinski definition) is 0. The quantitative estimate of drug-likeness (QED) is 0.637. The van der Waals surface area contributed by atoms with Crippen LogP contribution < -0.4 is 0 Å². The van der Waals surface area contributed by atoms with Gasteiger partial charge in [0.2, 0.25) is 0 Å². The first-order chi connectivity index (χ1) is 7.00. The molecule has 0 heterocycles. The van der Waals surface area contributed by atoms with Crippen molar-refractivity contribution in [2.24, 2.45) is 0 Å². The lowest BCUT2D eigenvalue weighted by Gasteiger charge is -2.14. The normalized spacial score (nSPS) is 15.3. The Morgan fingerprint density at radius 1 is 0.933 bits per heavy atom. The Labute approximate surface area is 98.7 Å². The van der Waals surface area contributed by atoms with Crippen LogP contribution >= 0.6 is 11.6 Å². The van der Waals surface area contributed by atoms with Crippen LogP contribution in [0.25, 0.3) is 0 Å². The van der Waals surface area contributed by atoms with Gasteiger partial charge in [-0.15, -0.1) is 11.6 Å². The first-order valence-electron chi connectivity index (χ1n) is 5.74. The van der Waals surface area contributed by atoms with Crippen molar-refractivity contribution in [2.75, 3.05) is 0 Å². The monoisotopic (exact) mass is 224 g/mol. The Bertz CT molecular complexity index is 285. The van der Waals surface area contributed by atoms with Crippen LogP contribution in [0, 0.1) is 0 Å². The van der Waals surface area contributed by atoms with E-state index >= 15 is 0 Å². The first kappa shape index (κ1) is 12.6. The summed E-state index contributed by atoms with van der Waals surface area (Å²) in [7, 11) is 0. The van der Waals surface area contributed by atoms with Crippen molar-refractivity contribution in [1.29, 1.82) is 0 Å². The second-order valence-electron chi connectivity index (χ2n) is 4.74. The van der Waals surface area contributed by atoms with Crippen LogP contribution in [-0.2, 0) is 0 Å². The van der Waals surface area contributed by atoms with Gasteiger partial charge in [0.15, 0.2) is 0 Å². The van der Waals surface area contributed by atoms with Gasteiger partial charge in [-0.3, -0.25) is 0 Å². The molecule has 0 spiro atoms. The minimum Gasteiger partial charge on any atom is -0.123 e. The fourth-order valence-corrected chi connectivity index (χ4v) is 2.10. The zero-order valence-corrected chi connectivity index (χ0v) is 10.9. The Kier molecular flexibility index (Phi) is 4.66. The van der Waals surface area contributed by atoms with Gasteiger partial charge in [0.1, 0.15) is 0 Å². The van der Waals surface area contributed by atoms with Crippen LogP contribution in [-0.4, -0.2) is 5.38 Å². The summed E-state index contributed by atoms with van der Waals surface area (Å²) in [6, 6.07) is 8.93. The molecule has 0 saturated carbocycles. The summed E-state index contributed by atoms with van der Waals surface area (Å²) in [5.74, 6) is 1.17. The fourth-order valence-electron chi connectivity index (χ4n) is 1.83. The van der Waals surface area contributed by atoms with Gasteiger partial charge >= 0.3 is 0 Å². The summed E-state index contributed by atoms with van der Waals surface area (Å²) < 4.78 is 0. The highest BCUT2D eigenvalue weighted by molar-refractivity contribution is 6.20. The van der Waals surface area contributed by atoms with Gasteiger partial charge in [-0.2, -0.15) is 0 Å². The molecule has 0 aliphatic rings. The summed E-state index contributed by atoms with van der Waals surface area (Å²) in [5.41, 5.74) is 2.80. The predicted octanol–water partition coefficient (Wildman–Crippen LogP) is 4.93. The number of benzene rings is 1. The van der Waals surface area contributed by atoms with E-state index < -0.39 is 0 Å². The van der Waals surface area contributed by atoms with Crippen molar-refractivity contribution < 1.29 is 0 Å². The Balaban J connectivity index is 2.71. The SMILES string of the molecule is CC(Cl)CC(C)c1ccc(C(C)C)cc1. The molecule has 0 radical (unpaired) electrons. The highest BCUT2D eigenvalue weighted by atomic mass is 35.5. The molecule has 84 valence electrons. The Hall–Kier alpha value is -0.490. The first-order valence-corrected chi connectivity index (χ1v) is 6.18. The molecule has 0 aliphatic heterocycles. The zero-order valence-electron chi connectivity index (χ0n) is 10.1. The van der Waals surface area contributed by atoms with Gasteiger partial charge in [-0.25, -0.2) is 0 Å². The van der Waals surface area contributed by atoms with Gasteiger partial charge in [0, 0.05) is 5.38 Å². The second kappa shape index (κ2) is 5.55. The van der Waals surface area contributed by atoms with Crippen LogP contribution in [0.1, 0.15) is 57.1 Å². The minimum atomic E-state index is 0.254. The average molecular weight is 225 g/mol. The molecule has 0 aromatic heterocycles. The topological polar surface area (TPSA) is 0 Å². The molecule has 0 fully saturated rings. The Morgan fingerprint density at radius 3 is 1.80 bits per heavy atom. The lowest BCUT2D eigenvalue weighted by atomic mass is 9.93. The van der Waals surface area contributed by atoms with E-state index in [0.717, 1.165) is 6.42 Å². The molecule has 0 aliphatic carbocycles. The van der Waals surface area contributed by atoms with Crippen molar-refractivity contribution in [3.05, 3.63) is 35.4 Å². The van der Waals surface area contributed by atoms with E-state index in [1.54, 1.807) is 0 Å². The maximum Gasteiger partial charge on any atom is 0.0313 e. The molecule has 15 heavy (non-hydrogen) atoms. The smallest absolute Gasteiger partial charge is 0.0313 e. The second-order valence-corrected chi connectivity index (χ2v) is 5.48. The van der Waals surface area contributed by atoms with E-state index in [1.807, 2.05) is 0 Å². The number of halogens is 1. The summed E-state index contributed by atoms with van der Waals surface area (Å²) in [4.78, 5) is 0. The van der Waals surface area contributed by atoms with Crippen molar-refractivity contribution in [3.63, 3.8) is 0 Å². The van der Waals surface area contributed by atoms with Crippen LogP contribution in [0.2, 0.25) is 0 Å². The zero-order chi connectivity index (χ0) is 11.4. The Morgan fingerprint density at radius 2 is 1.40 bits per heavy atom. The molecular formula is C14H21Cl. The van der Waals surface area contributed by atoms with E-state index in [-0.39, 0.29) is 5.38 Å². The minimum absolute atomic E-state index is 0.254. The number of hydrogen-bond donors (Lipinski definition) is 0. The van der Waals surface area contributed by atoms with E-state index in [0.29, 0.717) is 11.8 Å². The number of rotatable bonds is 4. The lowest BCUT2D eigenvalue weighted by Crippen LogP contribution is -2.01. The molecule has 0 bridgehead atoms. The third-order valence-electron chi connectivity index (χ3n) is 2.85. The molecule has 0 N–H and O–H groups in total. The fraction of sp³-hybridized carbons (Fsp3) is 0.571. The van der Waals surface area contributed by atoms with Crippen molar-refractivity contribution >= 4 is 11.6 Å². The van der Waals surface area contributed by atoms with E-state index in [9.17, 15) is 0 Å². The lowest BCUT2D eigenvalue weighted by molar-refractivity contribution is 0.670. The van der Waals surface area contributed by atoms with E-state index in [2.05, 4.69) is 52.0 Å². The van der Waals surface area contributed by atoms with E-state index in [4.69, 9.17) is 11.6 Å². The van der Waals surface area contributed by atoms with E-state index in [1.165, 1.54) is 11.1 Å². The maximum atomic E-state index is 6.00. The average Bonchev–Trinajstić information content (AvgIpc) is 2.17. The third kappa shape index (κ3) is 3.87. The highest BCUT2D eigenvalue weighted by Crippen LogP contribution is 2.24. The van der Waals surface area contributed by atoms with Crippen LogP contribution in [0.15, 0.2) is 24.3 Å². The van der Waals surface area contributed by atoms with Crippen molar-refractivity contribution in [3.8, 4) is 0 Å². The summed E-state index contributed by atoms with van der Waals surface area (Å²) in [6.45, 7) is 8.74. The molecule has 2 atom stereocenters. The maximum absolute atomic E-state index is 6.00. The molecule has 2 unspecified atom stereocenters. The standard InChI is InChI=1S/C14H21Cl/c1-10(2)13-5-7-14(8-6-13)11(3)9-12(4)15/h5-8,10-12H,9H2,1-4H3. The van der Waals surface area contributed by atoms with Gasteiger partial charge in [0.05, 0.1) is 0 Å². The molecule has 0 amide bonds. The van der Waals surface area contributed by atoms with Crippen molar-refractivity contribution in [1.82, 2.24) is 0 Å². The molecule has 1 aromatic carbocycles. The van der Waals surface area contributed by atoms with Crippen LogP contribution in [0.5, 0.6) is 0 Å². The molecule has 0 saturated heterocycles. The molecule has 1 rings (SSSR count). The molecule has 1 aromatic rings. The van der Waals surface area contributed by atoms with Gasteiger partial charge in [0.25, 0.3) is 0 Å². The largest absolute Gasteiger partial charge is 0.123 e. The third-order valence-corrected chi connectivity index (χ3v) is 3.03. The number of alkyl halides is 1. The van der Waals surface area contributed by atoms with Crippen molar-refractivity contribution in [2.45, 2.75) is 51.3 Å². The van der Waals surface area contributed by atoms with Gasteiger partial charge in [-0.1, -0.05) is 45.0 Å². The summed E-state index contributed by atoms with van der Waals surface area (Å²) in [6.07, 6.45) is 1.04. The van der Waals surface area contributed by atoms with Gasteiger partial charge in [-0.05, 0) is 36.3 Å². The summed E-state index contributed by atoms with van der Waals surface area (Å²) in [5, 5.41) is 0.254. The van der Waals surface area contributed by atoms with Gasteiger partial charge < -0.3 is 0 Å². The molecule has 1 heteroatoms. The highest BCUT2D eigenvalue weighted by Gasteiger charge is 2.09. The van der Waals surface area contributed by atoms with Crippen LogP contribution in [0.4, 0.5) is 0 Å². The summed E-state index contributed by atoms with van der Waals surface area (Å²) >= 11 is 6.00. The molecular weight excluding hydrogens is 204 g/mol. The predicted molar refractivity (Wildman–Crippen MR) is 68.9 cm³/mol. The van der Waals surface area contributed by atoms with Crippen LogP contribution in [0.3, 0.4) is 0 Å². The molecule has 0 nitrogen and oxygen atoms in total.